The van der Waals surface area contributed by atoms with Crippen molar-refractivity contribution in [3.8, 4) is 0 Å². The van der Waals surface area contributed by atoms with Crippen LogP contribution >= 0.6 is 0 Å². The lowest BCUT2D eigenvalue weighted by Crippen LogP contribution is -2.58. The van der Waals surface area contributed by atoms with Crippen LogP contribution in [-0.2, 0) is 22.6 Å². The van der Waals surface area contributed by atoms with Crippen molar-refractivity contribution in [2.75, 3.05) is 0 Å². The number of hydrogen-bond acceptors (Lipinski definition) is 2. The zero-order valence-corrected chi connectivity index (χ0v) is 19.0. The van der Waals surface area contributed by atoms with Crippen LogP contribution in [0.25, 0.3) is 0 Å². The number of nitrogens with zero attached hydrogens (tertiary/aromatic N) is 1. The summed E-state index contributed by atoms with van der Waals surface area (Å²) in [5.41, 5.74) is -6.13. The molecule has 0 aliphatic carbocycles. The number of benzene rings is 4. The molecule has 0 N–H and O–H groups in total. The Kier molecular flexibility index (Phi) is 5.93. The van der Waals surface area contributed by atoms with Crippen LogP contribution in [0.5, 0.6) is 0 Å². The van der Waals surface area contributed by atoms with E-state index in [1.54, 1.807) is 66.7 Å². The van der Waals surface area contributed by atoms with Crippen LogP contribution in [0.15, 0.2) is 121 Å². The Balaban J connectivity index is 1.87. The van der Waals surface area contributed by atoms with Gasteiger partial charge in [-0.2, -0.15) is 22.0 Å². The van der Waals surface area contributed by atoms with Gasteiger partial charge in [-0.3, -0.25) is 0 Å². The highest BCUT2D eigenvalue weighted by molar-refractivity contribution is 5.42. The molecule has 184 valence electrons. The lowest BCUT2D eigenvalue weighted by atomic mass is 9.90. The van der Waals surface area contributed by atoms with E-state index in [0.717, 1.165) is 12.1 Å². The second-order valence-electron chi connectivity index (χ2n) is 8.64. The van der Waals surface area contributed by atoms with Gasteiger partial charge in [-0.1, -0.05) is 121 Å². The van der Waals surface area contributed by atoms with Crippen molar-refractivity contribution in [1.29, 1.82) is 0 Å². The number of ether oxygens (including phenoxy) is 1. The molecule has 0 bridgehead atoms. The van der Waals surface area contributed by atoms with Crippen LogP contribution in [0.1, 0.15) is 22.3 Å². The van der Waals surface area contributed by atoms with Gasteiger partial charge in [0.25, 0.3) is 5.60 Å². The normalized spacial score (nSPS) is 21.4. The van der Waals surface area contributed by atoms with Crippen LogP contribution < -0.4 is 0 Å². The molecule has 1 aliphatic rings. The topological polar surface area (TPSA) is 12.5 Å². The summed E-state index contributed by atoms with van der Waals surface area (Å²) in [6.45, 7) is -0.498. The fraction of sp³-hybridized carbons (Fsp3) is 0.172. The monoisotopic (exact) mass is 495 g/mol. The van der Waals surface area contributed by atoms with E-state index in [4.69, 9.17) is 4.74 Å². The number of rotatable bonds is 5. The molecule has 0 amide bonds. The van der Waals surface area contributed by atoms with Crippen LogP contribution in [0.3, 0.4) is 0 Å². The van der Waals surface area contributed by atoms with Crippen molar-refractivity contribution >= 4 is 0 Å². The van der Waals surface area contributed by atoms with Gasteiger partial charge in [0.15, 0.2) is 5.72 Å². The molecular weight excluding hydrogens is 473 g/mol. The SMILES string of the molecule is FC(F)(F)C1(c2ccccc2)OC(c2ccccc2)(c2ccccc2)N(Cc2ccccc2)C1(F)F. The van der Waals surface area contributed by atoms with Gasteiger partial charge in [0.2, 0.25) is 0 Å². The van der Waals surface area contributed by atoms with Gasteiger partial charge in [0, 0.05) is 23.2 Å². The molecule has 2 nitrogen and oxygen atoms in total. The summed E-state index contributed by atoms with van der Waals surface area (Å²) in [4.78, 5) is 0.542. The van der Waals surface area contributed by atoms with Gasteiger partial charge in [-0.05, 0) is 5.56 Å². The molecule has 0 saturated carbocycles. The van der Waals surface area contributed by atoms with Crippen molar-refractivity contribution in [3.05, 3.63) is 144 Å². The van der Waals surface area contributed by atoms with Crippen molar-refractivity contribution < 1.29 is 26.7 Å². The van der Waals surface area contributed by atoms with E-state index in [1.165, 1.54) is 42.5 Å². The molecule has 5 rings (SSSR count). The third-order valence-electron chi connectivity index (χ3n) is 6.54. The van der Waals surface area contributed by atoms with Crippen molar-refractivity contribution in [1.82, 2.24) is 4.90 Å². The third kappa shape index (κ3) is 3.53. The molecule has 1 aliphatic heterocycles. The molecule has 0 aromatic heterocycles. The van der Waals surface area contributed by atoms with Crippen molar-refractivity contribution in [3.63, 3.8) is 0 Å². The summed E-state index contributed by atoms with van der Waals surface area (Å²) in [5.74, 6) is 0. The average molecular weight is 495 g/mol. The molecule has 0 radical (unpaired) electrons. The van der Waals surface area contributed by atoms with Gasteiger partial charge in [-0.15, -0.1) is 0 Å². The highest BCUT2D eigenvalue weighted by Crippen LogP contribution is 2.65. The maximum absolute atomic E-state index is 16.7. The maximum atomic E-state index is 16.7. The van der Waals surface area contributed by atoms with Gasteiger partial charge in [0.1, 0.15) is 0 Å². The van der Waals surface area contributed by atoms with E-state index in [9.17, 15) is 0 Å². The molecule has 36 heavy (non-hydrogen) atoms. The average Bonchev–Trinajstić information content (AvgIpc) is 3.11. The number of halogens is 5. The summed E-state index contributed by atoms with van der Waals surface area (Å²) in [5, 5.41) is 0. The Hall–Kier alpha value is -3.55. The van der Waals surface area contributed by atoms with E-state index in [-0.39, 0.29) is 11.1 Å². The lowest BCUT2D eigenvalue weighted by Gasteiger charge is -2.39. The largest absolute Gasteiger partial charge is 0.429 e. The first kappa shape index (κ1) is 24.2. The quantitative estimate of drug-likeness (QED) is 0.210. The molecule has 7 heteroatoms. The highest BCUT2D eigenvalue weighted by Gasteiger charge is 2.83. The molecule has 4 aromatic carbocycles. The molecule has 4 aromatic rings. The minimum absolute atomic E-state index is 0.161. The Morgan fingerprint density at radius 1 is 0.583 bits per heavy atom. The summed E-state index contributed by atoms with van der Waals surface area (Å²) >= 11 is 0. The molecular formula is C29H22F5NO. The molecule has 1 unspecified atom stereocenters. The molecule has 1 saturated heterocycles. The second-order valence-corrected chi connectivity index (χ2v) is 8.64. The van der Waals surface area contributed by atoms with E-state index >= 15 is 22.0 Å². The smallest absolute Gasteiger partial charge is 0.324 e. The first-order valence-electron chi connectivity index (χ1n) is 11.4. The van der Waals surface area contributed by atoms with E-state index in [1.807, 2.05) is 0 Å². The van der Waals surface area contributed by atoms with E-state index in [0.29, 0.717) is 10.5 Å². The third-order valence-corrected chi connectivity index (χ3v) is 6.54. The number of alkyl halides is 5. The van der Waals surface area contributed by atoms with Crippen LogP contribution in [0, 0.1) is 0 Å². The van der Waals surface area contributed by atoms with Gasteiger partial charge in [0.05, 0.1) is 0 Å². The minimum Gasteiger partial charge on any atom is -0.324 e. The summed E-state index contributed by atoms with van der Waals surface area (Å²) < 4.78 is 84.6. The highest BCUT2D eigenvalue weighted by atomic mass is 19.4. The van der Waals surface area contributed by atoms with Gasteiger partial charge < -0.3 is 4.74 Å². The molecule has 1 fully saturated rings. The van der Waals surface area contributed by atoms with Crippen molar-refractivity contribution in [2.24, 2.45) is 0 Å². The summed E-state index contributed by atoms with van der Waals surface area (Å²) in [7, 11) is 0. The van der Waals surface area contributed by atoms with Crippen LogP contribution in [0.4, 0.5) is 22.0 Å². The predicted octanol–water partition coefficient (Wildman–Crippen LogP) is 7.47. The first-order chi connectivity index (χ1) is 17.2. The fourth-order valence-corrected chi connectivity index (χ4v) is 4.92. The van der Waals surface area contributed by atoms with Crippen LogP contribution in [-0.4, -0.2) is 17.1 Å². The molecule has 0 spiro atoms. The summed E-state index contributed by atoms with van der Waals surface area (Å²) in [6.07, 6.45) is -5.46. The van der Waals surface area contributed by atoms with Crippen molar-refractivity contribution in [2.45, 2.75) is 30.1 Å². The van der Waals surface area contributed by atoms with E-state index < -0.39 is 35.7 Å². The van der Waals surface area contributed by atoms with Gasteiger partial charge >= 0.3 is 12.2 Å². The Morgan fingerprint density at radius 3 is 1.39 bits per heavy atom. The van der Waals surface area contributed by atoms with E-state index in [2.05, 4.69) is 0 Å². The minimum atomic E-state index is -5.46. The fourth-order valence-electron chi connectivity index (χ4n) is 4.92. The first-order valence-corrected chi connectivity index (χ1v) is 11.4. The summed E-state index contributed by atoms with van der Waals surface area (Å²) in [6, 6.07) is 25.7. The van der Waals surface area contributed by atoms with Crippen LogP contribution in [0.2, 0.25) is 0 Å². The zero-order chi connectivity index (χ0) is 25.4. The predicted molar refractivity (Wildman–Crippen MR) is 126 cm³/mol. The Bertz CT molecular complexity index is 1260. The Labute approximate surface area is 205 Å². The zero-order valence-electron chi connectivity index (χ0n) is 19.0. The lowest BCUT2D eigenvalue weighted by molar-refractivity contribution is -0.341. The maximum Gasteiger partial charge on any atom is 0.429 e. The second kappa shape index (κ2) is 8.84. The molecule has 1 heterocycles. The standard InChI is InChI=1S/C29H22F5NO/c30-28(31,32)27(25-19-11-4-12-20-25)29(33,34)35(21-22-13-5-1-6-14-22)26(36-27,23-15-7-2-8-16-23)24-17-9-3-10-18-24/h1-20H,21H2. The molecule has 1 atom stereocenters. The Morgan fingerprint density at radius 2 is 0.972 bits per heavy atom. The van der Waals surface area contributed by atoms with Gasteiger partial charge in [-0.25, -0.2) is 4.90 Å². The number of hydrogen-bond donors (Lipinski definition) is 0.